The van der Waals surface area contributed by atoms with E-state index in [0.29, 0.717) is 6.04 Å². The molecule has 2 aliphatic rings. The van der Waals surface area contributed by atoms with Crippen molar-refractivity contribution < 1.29 is 0 Å². The van der Waals surface area contributed by atoms with Gasteiger partial charge in [-0.2, -0.15) is 0 Å². The van der Waals surface area contributed by atoms with Gasteiger partial charge in [-0.3, -0.25) is 0 Å². The second-order valence-corrected chi connectivity index (χ2v) is 5.73. The molecule has 4 heteroatoms. The van der Waals surface area contributed by atoms with Crippen molar-refractivity contribution in [3.8, 4) is 0 Å². The van der Waals surface area contributed by atoms with Gasteiger partial charge in [-0.15, -0.1) is 0 Å². The summed E-state index contributed by atoms with van der Waals surface area (Å²) in [7, 11) is 0. The summed E-state index contributed by atoms with van der Waals surface area (Å²) in [6.45, 7) is 6.48. The standard InChI is InChI=1S/C15H24N4/c1-3-11-9-12(4-2)18-15(17-11)19-8-7-13-5-6-14(10-19)16-13/h9,13-14,16H,3-8,10H2,1-2H3. The fourth-order valence-corrected chi connectivity index (χ4v) is 3.17. The van der Waals surface area contributed by atoms with Crippen LogP contribution in [0.1, 0.15) is 44.5 Å². The van der Waals surface area contributed by atoms with E-state index in [9.17, 15) is 0 Å². The van der Waals surface area contributed by atoms with Crippen molar-refractivity contribution in [2.75, 3.05) is 18.0 Å². The molecular weight excluding hydrogens is 236 g/mol. The lowest BCUT2D eigenvalue weighted by atomic mass is 10.1. The van der Waals surface area contributed by atoms with Gasteiger partial charge < -0.3 is 10.2 Å². The first-order chi connectivity index (χ1) is 9.28. The minimum atomic E-state index is 0.631. The Bertz CT molecular complexity index is 424. The minimum absolute atomic E-state index is 0.631. The zero-order chi connectivity index (χ0) is 13.2. The smallest absolute Gasteiger partial charge is 0.225 e. The molecule has 3 heterocycles. The molecular formula is C15H24N4. The van der Waals surface area contributed by atoms with E-state index < -0.39 is 0 Å². The van der Waals surface area contributed by atoms with E-state index in [4.69, 9.17) is 9.97 Å². The normalized spacial score (nSPS) is 26.5. The van der Waals surface area contributed by atoms with E-state index in [2.05, 4.69) is 30.1 Å². The molecule has 104 valence electrons. The number of nitrogens with one attached hydrogen (secondary N) is 1. The van der Waals surface area contributed by atoms with Gasteiger partial charge in [0.1, 0.15) is 0 Å². The van der Waals surface area contributed by atoms with Crippen molar-refractivity contribution >= 4 is 5.95 Å². The Hall–Kier alpha value is -1.16. The molecule has 0 aliphatic carbocycles. The number of anilines is 1. The monoisotopic (exact) mass is 260 g/mol. The van der Waals surface area contributed by atoms with Crippen LogP contribution in [-0.4, -0.2) is 35.1 Å². The van der Waals surface area contributed by atoms with E-state index in [1.807, 2.05) is 0 Å². The van der Waals surface area contributed by atoms with Crippen LogP contribution in [0.15, 0.2) is 6.07 Å². The lowest BCUT2D eigenvalue weighted by molar-refractivity contribution is 0.563. The number of hydrogen-bond donors (Lipinski definition) is 1. The molecule has 3 rings (SSSR count). The Morgan fingerprint density at radius 2 is 1.79 bits per heavy atom. The number of aromatic nitrogens is 2. The molecule has 2 unspecified atom stereocenters. The van der Waals surface area contributed by atoms with Crippen LogP contribution in [0.25, 0.3) is 0 Å². The SMILES string of the molecule is CCc1cc(CC)nc(N2CCC3CCC(C2)N3)n1. The summed E-state index contributed by atoms with van der Waals surface area (Å²) in [6.07, 6.45) is 5.84. The number of aryl methyl sites for hydroxylation is 2. The number of rotatable bonds is 3. The highest BCUT2D eigenvalue weighted by Crippen LogP contribution is 2.23. The van der Waals surface area contributed by atoms with Crippen LogP contribution >= 0.6 is 0 Å². The second kappa shape index (κ2) is 5.45. The third-order valence-corrected chi connectivity index (χ3v) is 4.35. The second-order valence-electron chi connectivity index (χ2n) is 5.73. The molecule has 2 bridgehead atoms. The number of fused-ring (bicyclic) bond motifs is 2. The van der Waals surface area contributed by atoms with Gasteiger partial charge in [0.05, 0.1) is 0 Å². The van der Waals surface area contributed by atoms with Gasteiger partial charge in [-0.05, 0) is 38.2 Å². The van der Waals surface area contributed by atoms with E-state index in [1.54, 1.807) is 0 Å². The zero-order valence-corrected chi connectivity index (χ0v) is 12.0. The van der Waals surface area contributed by atoms with Gasteiger partial charge in [-0.1, -0.05) is 13.8 Å². The van der Waals surface area contributed by atoms with Crippen LogP contribution in [0.5, 0.6) is 0 Å². The van der Waals surface area contributed by atoms with Gasteiger partial charge in [0.15, 0.2) is 0 Å². The predicted octanol–water partition coefficient (Wildman–Crippen LogP) is 1.93. The largest absolute Gasteiger partial charge is 0.339 e. The summed E-state index contributed by atoms with van der Waals surface area (Å²) in [5.74, 6) is 0.950. The van der Waals surface area contributed by atoms with Crippen LogP contribution in [0.4, 0.5) is 5.95 Å². The summed E-state index contributed by atoms with van der Waals surface area (Å²) in [4.78, 5) is 11.9. The fourth-order valence-electron chi connectivity index (χ4n) is 3.17. The van der Waals surface area contributed by atoms with Crippen LogP contribution in [0.3, 0.4) is 0 Å². The first-order valence-corrected chi connectivity index (χ1v) is 7.66. The summed E-state index contributed by atoms with van der Waals surface area (Å²) < 4.78 is 0. The van der Waals surface area contributed by atoms with E-state index in [1.165, 1.54) is 30.7 Å². The predicted molar refractivity (Wildman–Crippen MR) is 77.6 cm³/mol. The number of nitrogens with zero attached hydrogens (tertiary/aromatic N) is 3. The van der Waals surface area contributed by atoms with Gasteiger partial charge >= 0.3 is 0 Å². The highest BCUT2D eigenvalue weighted by molar-refractivity contribution is 5.34. The first-order valence-electron chi connectivity index (χ1n) is 7.66. The van der Waals surface area contributed by atoms with Crippen molar-refractivity contribution in [2.24, 2.45) is 0 Å². The Morgan fingerprint density at radius 1 is 1.11 bits per heavy atom. The maximum absolute atomic E-state index is 4.74. The Labute approximate surface area is 115 Å². The third-order valence-electron chi connectivity index (χ3n) is 4.35. The van der Waals surface area contributed by atoms with Gasteiger partial charge in [0.2, 0.25) is 5.95 Å². The molecule has 1 aromatic rings. The highest BCUT2D eigenvalue weighted by Gasteiger charge is 2.30. The van der Waals surface area contributed by atoms with E-state index >= 15 is 0 Å². The Morgan fingerprint density at radius 3 is 2.47 bits per heavy atom. The highest BCUT2D eigenvalue weighted by atomic mass is 15.3. The Kier molecular flexibility index (Phi) is 3.69. The van der Waals surface area contributed by atoms with Crippen molar-refractivity contribution in [1.82, 2.24) is 15.3 Å². The molecule has 2 atom stereocenters. The first kappa shape index (κ1) is 12.9. The zero-order valence-electron chi connectivity index (χ0n) is 12.0. The van der Waals surface area contributed by atoms with Crippen LogP contribution in [0, 0.1) is 0 Å². The average molecular weight is 260 g/mol. The lowest BCUT2D eigenvalue weighted by Gasteiger charge is -2.25. The van der Waals surface area contributed by atoms with Crippen molar-refractivity contribution in [3.63, 3.8) is 0 Å². The van der Waals surface area contributed by atoms with Gasteiger partial charge in [0, 0.05) is 36.6 Å². The quantitative estimate of drug-likeness (QED) is 0.901. The van der Waals surface area contributed by atoms with Crippen molar-refractivity contribution in [2.45, 2.75) is 58.0 Å². The number of hydrogen-bond acceptors (Lipinski definition) is 4. The van der Waals surface area contributed by atoms with Gasteiger partial charge in [0.25, 0.3) is 0 Å². The molecule has 2 fully saturated rings. The van der Waals surface area contributed by atoms with Crippen molar-refractivity contribution in [3.05, 3.63) is 17.5 Å². The topological polar surface area (TPSA) is 41.1 Å². The molecule has 0 saturated carbocycles. The average Bonchev–Trinajstić information content (AvgIpc) is 2.77. The molecule has 2 saturated heterocycles. The molecule has 1 N–H and O–H groups in total. The maximum atomic E-state index is 4.74. The van der Waals surface area contributed by atoms with E-state index in [-0.39, 0.29) is 0 Å². The van der Waals surface area contributed by atoms with Gasteiger partial charge in [-0.25, -0.2) is 9.97 Å². The summed E-state index contributed by atoms with van der Waals surface area (Å²) >= 11 is 0. The summed E-state index contributed by atoms with van der Waals surface area (Å²) in [5, 5.41) is 3.71. The van der Waals surface area contributed by atoms with Crippen LogP contribution in [0.2, 0.25) is 0 Å². The molecule has 0 radical (unpaired) electrons. The molecule has 2 aliphatic heterocycles. The molecule has 1 aromatic heterocycles. The lowest BCUT2D eigenvalue weighted by Crippen LogP contribution is -2.36. The minimum Gasteiger partial charge on any atom is -0.339 e. The molecule has 19 heavy (non-hydrogen) atoms. The summed E-state index contributed by atoms with van der Waals surface area (Å²) in [6, 6.07) is 3.49. The fraction of sp³-hybridized carbons (Fsp3) is 0.733. The Balaban J connectivity index is 1.84. The van der Waals surface area contributed by atoms with Crippen LogP contribution < -0.4 is 10.2 Å². The molecule has 0 aromatic carbocycles. The molecule has 4 nitrogen and oxygen atoms in total. The third kappa shape index (κ3) is 2.73. The van der Waals surface area contributed by atoms with Crippen molar-refractivity contribution in [1.29, 1.82) is 0 Å². The molecule has 0 amide bonds. The molecule has 0 spiro atoms. The van der Waals surface area contributed by atoms with E-state index in [0.717, 1.165) is 37.9 Å². The van der Waals surface area contributed by atoms with Crippen LogP contribution in [-0.2, 0) is 12.8 Å². The maximum Gasteiger partial charge on any atom is 0.225 e. The summed E-state index contributed by atoms with van der Waals surface area (Å²) in [5.41, 5.74) is 2.34.